The molecule has 1 aliphatic rings. The quantitative estimate of drug-likeness (QED) is 0.280. The van der Waals surface area contributed by atoms with Crippen molar-refractivity contribution in [3.63, 3.8) is 0 Å². The molecule has 0 aliphatic heterocycles. The van der Waals surface area contributed by atoms with Crippen LogP contribution in [0.3, 0.4) is 0 Å². The molecule has 0 unspecified atom stereocenters. The minimum Gasteiger partial charge on any atom is -0.504 e. The number of carbonyl (C=O) groups is 1. The van der Waals surface area contributed by atoms with Crippen LogP contribution in [-0.4, -0.2) is 22.3 Å². The van der Waals surface area contributed by atoms with Crippen LogP contribution in [0.4, 0.5) is 0 Å². The first-order valence-electron chi connectivity index (χ1n) is 10.4. The van der Waals surface area contributed by atoms with E-state index in [4.69, 9.17) is 4.74 Å². The van der Waals surface area contributed by atoms with Gasteiger partial charge in [0.2, 0.25) is 0 Å². The number of unbranched alkanes of at least 4 members (excludes halogenated alkanes) is 3. The molecule has 1 saturated carbocycles. The van der Waals surface area contributed by atoms with Gasteiger partial charge in [-0.3, -0.25) is 4.79 Å². The zero-order chi connectivity index (χ0) is 19.9. The zero-order valence-electron chi connectivity index (χ0n) is 17.2. The van der Waals surface area contributed by atoms with Crippen molar-refractivity contribution >= 4 is 6.47 Å². The van der Waals surface area contributed by atoms with Crippen LogP contribution < -0.4 is 0 Å². The number of rotatable bonds is 12. The fraction of sp³-hybridized carbons (Fsp3) is 0.696. The number of ether oxygens (including phenoxy) is 1. The lowest BCUT2D eigenvalue weighted by Gasteiger charge is -2.17. The molecule has 0 aromatic heterocycles. The Morgan fingerprint density at radius 1 is 1.04 bits per heavy atom. The highest BCUT2D eigenvalue weighted by Crippen LogP contribution is 2.43. The minimum absolute atomic E-state index is 0.0138. The van der Waals surface area contributed by atoms with Crippen LogP contribution in [0.1, 0.15) is 89.7 Å². The van der Waals surface area contributed by atoms with Gasteiger partial charge in [-0.05, 0) is 80.4 Å². The molecule has 0 atom stereocenters. The van der Waals surface area contributed by atoms with E-state index >= 15 is 0 Å². The highest BCUT2D eigenvalue weighted by molar-refractivity contribution is 5.47. The van der Waals surface area contributed by atoms with Crippen molar-refractivity contribution in [2.75, 3.05) is 0 Å². The summed E-state index contributed by atoms with van der Waals surface area (Å²) < 4.78 is 5.18. The lowest BCUT2D eigenvalue weighted by molar-refractivity contribution is -0.135. The Balaban J connectivity index is 1.77. The molecule has 0 saturated heterocycles. The molecule has 0 heterocycles. The van der Waals surface area contributed by atoms with Gasteiger partial charge in [-0.1, -0.05) is 39.7 Å². The van der Waals surface area contributed by atoms with E-state index in [0.29, 0.717) is 11.9 Å². The Morgan fingerprint density at radius 2 is 1.74 bits per heavy atom. The van der Waals surface area contributed by atoms with Crippen molar-refractivity contribution in [2.24, 2.45) is 5.41 Å². The first-order valence-corrected chi connectivity index (χ1v) is 10.4. The number of aromatic hydroxyl groups is 2. The molecule has 4 nitrogen and oxygen atoms in total. The van der Waals surface area contributed by atoms with Crippen LogP contribution in [-0.2, 0) is 22.4 Å². The summed E-state index contributed by atoms with van der Waals surface area (Å²) in [4.78, 5) is 10.5. The van der Waals surface area contributed by atoms with Gasteiger partial charge in [-0.25, -0.2) is 0 Å². The van der Waals surface area contributed by atoms with E-state index in [-0.39, 0.29) is 17.1 Å². The lowest BCUT2D eigenvalue weighted by atomic mass is 9.89. The lowest BCUT2D eigenvalue weighted by Crippen LogP contribution is -2.12. The third kappa shape index (κ3) is 7.43. The molecule has 1 aromatic carbocycles. The second-order valence-corrected chi connectivity index (χ2v) is 9.35. The van der Waals surface area contributed by atoms with Gasteiger partial charge < -0.3 is 14.9 Å². The van der Waals surface area contributed by atoms with Gasteiger partial charge >= 0.3 is 0 Å². The van der Waals surface area contributed by atoms with Gasteiger partial charge in [0.05, 0.1) is 0 Å². The second kappa shape index (κ2) is 9.48. The first kappa shape index (κ1) is 21.6. The van der Waals surface area contributed by atoms with Crippen LogP contribution in [0.25, 0.3) is 0 Å². The molecule has 0 radical (unpaired) electrons. The average molecular weight is 377 g/mol. The fourth-order valence-electron chi connectivity index (χ4n) is 3.67. The molecule has 0 bridgehead atoms. The van der Waals surface area contributed by atoms with Crippen LogP contribution >= 0.6 is 0 Å². The van der Waals surface area contributed by atoms with Crippen molar-refractivity contribution in [1.82, 2.24) is 0 Å². The summed E-state index contributed by atoms with van der Waals surface area (Å²) in [6.45, 7) is 7.35. The van der Waals surface area contributed by atoms with Gasteiger partial charge in [0.25, 0.3) is 6.47 Å². The second-order valence-electron chi connectivity index (χ2n) is 9.35. The standard InChI is InChI=1S/C23H36O4/c1-22(2,3)11-7-4-5-10-19-15-18(16-20(25)21(19)26)9-6-8-12-23(13-14-23)27-17-24/h15-17,25-26H,4-14H2,1-3H3. The molecule has 1 aliphatic carbocycles. The smallest absolute Gasteiger partial charge is 0.293 e. The van der Waals surface area contributed by atoms with E-state index in [1.165, 1.54) is 12.8 Å². The molecule has 2 N–H and O–H groups in total. The maximum Gasteiger partial charge on any atom is 0.293 e. The number of phenols is 2. The van der Waals surface area contributed by atoms with E-state index in [9.17, 15) is 15.0 Å². The first-order chi connectivity index (χ1) is 12.7. The molecular weight excluding hydrogens is 340 g/mol. The van der Waals surface area contributed by atoms with Crippen molar-refractivity contribution in [1.29, 1.82) is 0 Å². The topological polar surface area (TPSA) is 66.8 Å². The summed E-state index contributed by atoms with van der Waals surface area (Å²) in [5.74, 6) is 0.0195. The van der Waals surface area contributed by atoms with Gasteiger partial charge in [-0.15, -0.1) is 0 Å². The van der Waals surface area contributed by atoms with Crippen LogP contribution in [0, 0.1) is 5.41 Å². The van der Waals surface area contributed by atoms with E-state index in [0.717, 1.165) is 68.9 Å². The average Bonchev–Trinajstić information content (AvgIpc) is 3.34. The van der Waals surface area contributed by atoms with Gasteiger partial charge in [0.15, 0.2) is 11.5 Å². The van der Waals surface area contributed by atoms with Crippen molar-refractivity contribution in [3.8, 4) is 11.5 Å². The Morgan fingerprint density at radius 3 is 2.37 bits per heavy atom. The highest BCUT2D eigenvalue weighted by Gasteiger charge is 2.44. The van der Waals surface area contributed by atoms with Crippen molar-refractivity contribution in [2.45, 2.75) is 97.0 Å². The summed E-state index contributed by atoms with van der Waals surface area (Å²) in [5.41, 5.74) is 2.10. The predicted molar refractivity (Wildman–Crippen MR) is 108 cm³/mol. The Bertz CT molecular complexity index is 612. The molecule has 0 amide bonds. The largest absolute Gasteiger partial charge is 0.504 e. The van der Waals surface area contributed by atoms with E-state index < -0.39 is 0 Å². The number of carbonyl (C=O) groups excluding carboxylic acids is 1. The summed E-state index contributed by atoms with van der Waals surface area (Å²) in [5, 5.41) is 20.2. The normalized spacial score (nSPS) is 15.5. The number of benzene rings is 1. The molecular formula is C23H36O4. The monoisotopic (exact) mass is 376 g/mol. The number of aryl methyl sites for hydroxylation is 2. The third-order valence-electron chi connectivity index (χ3n) is 5.56. The highest BCUT2D eigenvalue weighted by atomic mass is 16.5. The molecule has 1 fully saturated rings. The van der Waals surface area contributed by atoms with E-state index in [1.54, 1.807) is 6.07 Å². The summed E-state index contributed by atoms with van der Waals surface area (Å²) in [7, 11) is 0. The minimum atomic E-state index is -0.183. The summed E-state index contributed by atoms with van der Waals surface area (Å²) in [6, 6.07) is 3.71. The Labute approximate surface area is 163 Å². The molecule has 0 spiro atoms. The summed E-state index contributed by atoms with van der Waals surface area (Å²) >= 11 is 0. The zero-order valence-corrected chi connectivity index (χ0v) is 17.2. The number of phenolic OH excluding ortho intramolecular Hbond substituents is 2. The molecule has 27 heavy (non-hydrogen) atoms. The van der Waals surface area contributed by atoms with Crippen LogP contribution in [0.5, 0.6) is 11.5 Å². The molecule has 4 heteroatoms. The predicted octanol–water partition coefficient (Wildman–Crippen LogP) is 5.67. The van der Waals surface area contributed by atoms with Crippen molar-refractivity contribution in [3.05, 3.63) is 23.3 Å². The van der Waals surface area contributed by atoms with Gasteiger partial charge in [-0.2, -0.15) is 0 Å². The Kier molecular flexibility index (Phi) is 7.58. The SMILES string of the molecule is CC(C)(C)CCCCCc1cc(CCCCC2(OC=O)CC2)cc(O)c1O. The fourth-order valence-corrected chi connectivity index (χ4v) is 3.67. The molecule has 1 aromatic rings. The molecule has 152 valence electrons. The van der Waals surface area contributed by atoms with Crippen molar-refractivity contribution < 1.29 is 19.7 Å². The Hall–Kier alpha value is -1.71. The maximum atomic E-state index is 10.5. The van der Waals surface area contributed by atoms with Crippen LogP contribution in [0.2, 0.25) is 0 Å². The third-order valence-corrected chi connectivity index (χ3v) is 5.56. The number of hydrogen-bond donors (Lipinski definition) is 2. The van der Waals surface area contributed by atoms with Gasteiger partial charge in [0.1, 0.15) is 5.60 Å². The number of hydrogen-bond acceptors (Lipinski definition) is 4. The maximum absolute atomic E-state index is 10.5. The van der Waals surface area contributed by atoms with E-state index in [1.807, 2.05) is 6.07 Å². The van der Waals surface area contributed by atoms with Crippen LogP contribution in [0.15, 0.2) is 12.1 Å². The molecule has 2 rings (SSSR count). The summed E-state index contributed by atoms with van der Waals surface area (Å²) in [6.07, 6.45) is 11.1. The van der Waals surface area contributed by atoms with E-state index in [2.05, 4.69) is 20.8 Å². The van der Waals surface area contributed by atoms with Gasteiger partial charge in [0, 0.05) is 0 Å².